The Bertz CT molecular complexity index is 256. The zero-order chi connectivity index (χ0) is 10.3. The predicted octanol–water partition coefficient (Wildman–Crippen LogP) is 3.35. The van der Waals surface area contributed by atoms with E-state index in [0.29, 0.717) is 5.78 Å². The highest BCUT2D eigenvalue weighted by molar-refractivity contribution is 6.00. The lowest BCUT2D eigenvalue weighted by molar-refractivity contribution is -0.127. The smallest absolute Gasteiger partial charge is 0.164 e. The average molecular weight is 180 g/mol. The van der Waals surface area contributed by atoms with E-state index in [4.69, 9.17) is 0 Å². The first kappa shape index (κ1) is 10.5. The van der Waals surface area contributed by atoms with Gasteiger partial charge in [0.15, 0.2) is 5.78 Å². The van der Waals surface area contributed by atoms with Gasteiger partial charge in [-0.25, -0.2) is 0 Å². The molecule has 0 bridgehead atoms. The summed E-state index contributed by atoms with van der Waals surface area (Å²) in [6.45, 7) is 10.6. The van der Waals surface area contributed by atoms with Crippen LogP contribution in [0.5, 0.6) is 0 Å². The molecular weight excluding hydrogens is 160 g/mol. The quantitative estimate of drug-likeness (QED) is 0.522. The molecule has 0 atom stereocenters. The summed E-state index contributed by atoms with van der Waals surface area (Å²) in [5.74, 6) is 0.342. The molecule has 1 rings (SSSR count). The molecule has 1 aliphatic carbocycles. The Labute approximate surface area is 81.2 Å². The Morgan fingerprint density at radius 3 is 2.23 bits per heavy atom. The summed E-state index contributed by atoms with van der Waals surface area (Å²) in [4.78, 5) is 11.9. The van der Waals surface area contributed by atoms with Gasteiger partial charge in [0.25, 0.3) is 0 Å². The van der Waals surface area contributed by atoms with E-state index in [0.717, 1.165) is 18.4 Å². The molecule has 0 spiro atoms. The number of Topliss-reactive ketones (excluding diaryl/α,β-unsaturated/α-hetero) is 1. The number of hydrogen-bond acceptors (Lipinski definition) is 1. The molecular formula is C12H20O. The summed E-state index contributed by atoms with van der Waals surface area (Å²) in [5.41, 5.74) is 1.13. The first-order valence-corrected chi connectivity index (χ1v) is 4.98. The molecule has 1 fully saturated rings. The van der Waals surface area contributed by atoms with E-state index in [9.17, 15) is 4.79 Å². The van der Waals surface area contributed by atoms with Crippen molar-refractivity contribution >= 4 is 5.78 Å². The van der Waals surface area contributed by atoms with Crippen LogP contribution in [0, 0.1) is 10.8 Å². The minimum atomic E-state index is -0.163. The van der Waals surface area contributed by atoms with Crippen LogP contribution < -0.4 is 0 Å². The van der Waals surface area contributed by atoms with E-state index >= 15 is 0 Å². The lowest BCUT2D eigenvalue weighted by Crippen LogP contribution is -2.38. The molecule has 0 N–H and O–H groups in total. The van der Waals surface area contributed by atoms with E-state index < -0.39 is 0 Å². The number of rotatable bonds is 0. The highest BCUT2D eigenvalue weighted by atomic mass is 16.1. The predicted molar refractivity (Wildman–Crippen MR) is 55.6 cm³/mol. The minimum absolute atomic E-state index is 0.163. The molecule has 0 amide bonds. The Morgan fingerprint density at radius 2 is 1.77 bits per heavy atom. The maximum atomic E-state index is 11.9. The zero-order valence-corrected chi connectivity index (χ0v) is 9.40. The lowest BCUT2D eigenvalue weighted by Gasteiger charge is -2.40. The molecule has 0 aliphatic heterocycles. The van der Waals surface area contributed by atoms with Crippen LogP contribution in [0.2, 0.25) is 0 Å². The molecule has 74 valence electrons. The fourth-order valence-corrected chi connectivity index (χ4v) is 2.60. The number of ketones is 1. The van der Waals surface area contributed by atoms with Crippen molar-refractivity contribution in [1.82, 2.24) is 0 Å². The Morgan fingerprint density at radius 1 is 1.23 bits per heavy atom. The van der Waals surface area contributed by atoms with Crippen LogP contribution in [-0.4, -0.2) is 5.78 Å². The summed E-state index contributed by atoms with van der Waals surface area (Å²) >= 11 is 0. The third-order valence-corrected chi connectivity index (χ3v) is 2.84. The van der Waals surface area contributed by atoms with Crippen LogP contribution in [0.1, 0.15) is 47.5 Å². The molecule has 1 nitrogen and oxygen atoms in total. The van der Waals surface area contributed by atoms with Crippen molar-refractivity contribution < 1.29 is 4.79 Å². The van der Waals surface area contributed by atoms with Crippen LogP contribution in [0.25, 0.3) is 0 Å². The van der Waals surface area contributed by atoms with Gasteiger partial charge >= 0.3 is 0 Å². The van der Waals surface area contributed by atoms with Gasteiger partial charge < -0.3 is 0 Å². The Hall–Kier alpha value is -0.590. The molecule has 13 heavy (non-hydrogen) atoms. The van der Waals surface area contributed by atoms with E-state index in [1.54, 1.807) is 0 Å². The van der Waals surface area contributed by atoms with E-state index in [2.05, 4.69) is 27.7 Å². The normalized spacial score (nSPS) is 29.3. The summed E-state index contributed by atoms with van der Waals surface area (Å²) in [7, 11) is 0. The van der Waals surface area contributed by atoms with Gasteiger partial charge in [-0.3, -0.25) is 4.79 Å². The molecule has 1 aliphatic rings. The van der Waals surface area contributed by atoms with Gasteiger partial charge in [0.2, 0.25) is 0 Å². The largest absolute Gasteiger partial charge is 0.294 e. The van der Waals surface area contributed by atoms with Crippen LogP contribution in [-0.2, 0) is 4.79 Å². The van der Waals surface area contributed by atoms with Gasteiger partial charge in [-0.2, -0.15) is 0 Å². The van der Waals surface area contributed by atoms with Gasteiger partial charge in [-0.05, 0) is 30.8 Å². The SMILES string of the molecule is C/C=C1/CC(C)(C)CC(C)(C)C1=O. The van der Waals surface area contributed by atoms with Crippen LogP contribution in [0.15, 0.2) is 11.6 Å². The standard InChI is InChI=1S/C12H20O/c1-6-9-7-11(2,3)8-12(4,5)10(9)13/h6H,7-8H2,1-5H3/b9-6-. The molecule has 0 aromatic carbocycles. The molecule has 0 radical (unpaired) electrons. The summed E-state index contributed by atoms with van der Waals surface area (Å²) in [5, 5.41) is 0. The summed E-state index contributed by atoms with van der Waals surface area (Å²) in [6, 6.07) is 0. The third-order valence-electron chi connectivity index (χ3n) is 2.84. The average Bonchev–Trinajstić information content (AvgIpc) is 1.95. The number of carbonyl (C=O) groups is 1. The van der Waals surface area contributed by atoms with Gasteiger partial charge in [0.05, 0.1) is 0 Å². The van der Waals surface area contributed by atoms with E-state index in [1.165, 1.54) is 0 Å². The number of carbonyl (C=O) groups excluding carboxylic acids is 1. The molecule has 0 saturated heterocycles. The molecule has 0 aromatic heterocycles. The molecule has 0 unspecified atom stereocenters. The molecule has 0 aromatic rings. The fourth-order valence-electron chi connectivity index (χ4n) is 2.60. The van der Waals surface area contributed by atoms with Crippen molar-refractivity contribution in [2.24, 2.45) is 10.8 Å². The first-order valence-electron chi connectivity index (χ1n) is 4.98. The zero-order valence-electron chi connectivity index (χ0n) is 9.40. The van der Waals surface area contributed by atoms with Crippen LogP contribution in [0.3, 0.4) is 0 Å². The Balaban J connectivity index is 3.02. The van der Waals surface area contributed by atoms with Crippen LogP contribution >= 0.6 is 0 Å². The molecule has 1 heteroatoms. The van der Waals surface area contributed by atoms with Gasteiger partial charge in [0.1, 0.15) is 0 Å². The van der Waals surface area contributed by atoms with Crippen LogP contribution in [0.4, 0.5) is 0 Å². The second-order valence-electron chi connectivity index (χ2n) is 5.54. The van der Waals surface area contributed by atoms with Crippen molar-refractivity contribution in [3.8, 4) is 0 Å². The summed E-state index contributed by atoms with van der Waals surface area (Å²) in [6.07, 6.45) is 3.91. The third kappa shape index (κ3) is 2.01. The van der Waals surface area contributed by atoms with Crippen molar-refractivity contribution in [1.29, 1.82) is 0 Å². The van der Waals surface area contributed by atoms with E-state index in [1.807, 2.05) is 13.0 Å². The minimum Gasteiger partial charge on any atom is -0.294 e. The monoisotopic (exact) mass is 180 g/mol. The highest BCUT2D eigenvalue weighted by Crippen LogP contribution is 2.45. The molecule has 0 heterocycles. The van der Waals surface area contributed by atoms with E-state index in [-0.39, 0.29) is 10.8 Å². The second kappa shape index (κ2) is 2.97. The fraction of sp³-hybridized carbons (Fsp3) is 0.750. The molecule has 1 saturated carbocycles. The van der Waals surface area contributed by atoms with Gasteiger partial charge in [-0.1, -0.05) is 33.8 Å². The number of hydrogen-bond donors (Lipinski definition) is 0. The number of allylic oxidation sites excluding steroid dienone is 2. The lowest BCUT2D eigenvalue weighted by atomic mass is 9.63. The van der Waals surface area contributed by atoms with Crippen molar-refractivity contribution in [2.75, 3.05) is 0 Å². The maximum Gasteiger partial charge on any atom is 0.164 e. The maximum absolute atomic E-state index is 11.9. The first-order chi connectivity index (χ1) is 5.78. The van der Waals surface area contributed by atoms with Crippen molar-refractivity contribution in [3.63, 3.8) is 0 Å². The van der Waals surface area contributed by atoms with Gasteiger partial charge in [-0.15, -0.1) is 0 Å². The van der Waals surface area contributed by atoms with Gasteiger partial charge in [0, 0.05) is 5.41 Å². The van der Waals surface area contributed by atoms with Crippen molar-refractivity contribution in [3.05, 3.63) is 11.6 Å². The van der Waals surface area contributed by atoms with Crippen molar-refractivity contribution in [2.45, 2.75) is 47.5 Å². The second-order valence-corrected chi connectivity index (χ2v) is 5.54. The Kier molecular flexibility index (Phi) is 2.40. The highest BCUT2D eigenvalue weighted by Gasteiger charge is 2.41. The summed E-state index contributed by atoms with van der Waals surface area (Å²) < 4.78 is 0. The topological polar surface area (TPSA) is 17.1 Å².